The average Bonchev–Trinajstić information content (AvgIpc) is 2.13. The van der Waals surface area contributed by atoms with Crippen LogP contribution in [0.25, 0.3) is 0 Å². The van der Waals surface area contributed by atoms with E-state index >= 15 is 0 Å². The summed E-state index contributed by atoms with van der Waals surface area (Å²) >= 11 is 3.24. The van der Waals surface area contributed by atoms with Gasteiger partial charge in [0, 0.05) is 31.4 Å². The molecule has 0 spiro atoms. The lowest BCUT2D eigenvalue weighted by Gasteiger charge is -2.25. The van der Waals surface area contributed by atoms with Crippen molar-refractivity contribution in [3.63, 3.8) is 0 Å². The Labute approximate surface area is 94.8 Å². The molecule has 1 unspecified atom stereocenters. The van der Waals surface area contributed by atoms with Gasteiger partial charge in [-0.25, -0.2) is 0 Å². The number of rotatable bonds is 7. The van der Waals surface area contributed by atoms with Crippen LogP contribution in [0, 0.1) is 17.2 Å². The van der Waals surface area contributed by atoms with E-state index in [0.717, 1.165) is 13.1 Å². The Balaban J connectivity index is 3.91. The van der Waals surface area contributed by atoms with Gasteiger partial charge >= 0.3 is 0 Å². The van der Waals surface area contributed by atoms with Gasteiger partial charge in [0.25, 0.3) is 0 Å². The van der Waals surface area contributed by atoms with Crippen molar-refractivity contribution in [1.29, 1.82) is 5.26 Å². The molecule has 0 aliphatic rings. The predicted octanol–water partition coefficient (Wildman–Crippen LogP) is 1.61. The number of aliphatic hydroxyl groups excluding tert-OH is 1. The maximum absolute atomic E-state index is 9.47. The number of nitriles is 1. The van der Waals surface area contributed by atoms with Crippen LogP contribution in [-0.4, -0.2) is 41.1 Å². The molecule has 4 heteroatoms. The summed E-state index contributed by atoms with van der Waals surface area (Å²) in [5.74, 6) is 0.566. The van der Waals surface area contributed by atoms with Crippen molar-refractivity contribution in [2.75, 3.05) is 25.0 Å². The molecule has 0 aromatic rings. The summed E-state index contributed by atoms with van der Waals surface area (Å²) in [4.78, 5) is 2.14. The van der Waals surface area contributed by atoms with Gasteiger partial charge in [0.1, 0.15) is 0 Å². The van der Waals surface area contributed by atoms with E-state index in [9.17, 15) is 5.11 Å². The summed E-state index contributed by atoms with van der Waals surface area (Å²) in [6.45, 7) is 6.61. The third kappa shape index (κ3) is 7.31. The Morgan fingerprint density at radius 3 is 2.50 bits per heavy atom. The van der Waals surface area contributed by atoms with Gasteiger partial charge in [-0.05, 0) is 5.92 Å². The van der Waals surface area contributed by atoms with Crippen molar-refractivity contribution in [2.24, 2.45) is 5.92 Å². The van der Waals surface area contributed by atoms with Crippen molar-refractivity contribution in [3.05, 3.63) is 0 Å². The lowest BCUT2D eigenvalue weighted by atomic mass is 10.2. The number of alkyl halides is 1. The van der Waals surface area contributed by atoms with Crippen LogP contribution in [0.2, 0.25) is 0 Å². The van der Waals surface area contributed by atoms with E-state index in [1.54, 1.807) is 0 Å². The Morgan fingerprint density at radius 2 is 2.07 bits per heavy atom. The molecule has 0 amide bonds. The van der Waals surface area contributed by atoms with Gasteiger partial charge < -0.3 is 5.11 Å². The molecule has 82 valence electrons. The molecule has 0 fully saturated rings. The first-order chi connectivity index (χ1) is 6.60. The number of aliphatic hydroxyl groups is 1. The molecular formula is C10H19BrN2O. The largest absolute Gasteiger partial charge is 0.391 e. The molecule has 0 heterocycles. The lowest BCUT2D eigenvalue weighted by Crippen LogP contribution is -2.36. The molecule has 1 N–H and O–H groups in total. The maximum Gasteiger partial charge on any atom is 0.0763 e. The first-order valence-corrected chi connectivity index (χ1v) is 6.05. The van der Waals surface area contributed by atoms with Crippen molar-refractivity contribution in [3.8, 4) is 6.07 Å². The topological polar surface area (TPSA) is 47.3 Å². The summed E-state index contributed by atoms with van der Waals surface area (Å²) in [7, 11) is 0. The first-order valence-electron chi connectivity index (χ1n) is 4.93. The zero-order valence-corrected chi connectivity index (χ0v) is 10.5. The molecule has 0 radical (unpaired) electrons. The fourth-order valence-corrected chi connectivity index (χ4v) is 1.53. The first kappa shape index (κ1) is 13.9. The fraction of sp³-hybridized carbons (Fsp3) is 0.900. The quantitative estimate of drug-likeness (QED) is 0.710. The molecule has 0 aliphatic carbocycles. The van der Waals surface area contributed by atoms with E-state index in [1.165, 1.54) is 0 Å². The normalized spacial score (nSPS) is 13.2. The minimum absolute atomic E-state index is 0.340. The third-order valence-corrected chi connectivity index (χ3v) is 2.56. The zero-order valence-electron chi connectivity index (χ0n) is 8.91. The molecule has 0 saturated heterocycles. The van der Waals surface area contributed by atoms with E-state index in [4.69, 9.17) is 5.26 Å². The van der Waals surface area contributed by atoms with Crippen LogP contribution in [0.3, 0.4) is 0 Å². The van der Waals surface area contributed by atoms with Gasteiger partial charge in [0.2, 0.25) is 0 Å². The zero-order chi connectivity index (χ0) is 11.0. The van der Waals surface area contributed by atoms with Crippen LogP contribution in [0.1, 0.15) is 20.3 Å². The summed E-state index contributed by atoms with van der Waals surface area (Å²) < 4.78 is 0. The molecular weight excluding hydrogens is 244 g/mol. The number of halogens is 1. The predicted molar refractivity (Wildman–Crippen MR) is 61.3 cm³/mol. The molecule has 0 aliphatic heterocycles. The molecule has 0 saturated carbocycles. The van der Waals surface area contributed by atoms with E-state index in [1.807, 2.05) is 0 Å². The summed E-state index contributed by atoms with van der Waals surface area (Å²) in [6.07, 6.45) is 0.189. The summed E-state index contributed by atoms with van der Waals surface area (Å²) in [5, 5.41) is 18.6. The lowest BCUT2D eigenvalue weighted by molar-refractivity contribution is 0.124. The molecule has 0 rings (SSSR count). The number of nitrogens with zero attached hydrogens (tertiary/aromatic N) is 2. The van der Waals surface area contributed by atoms with Crippen molar-refractivity contribution >= 4 is 15.9 Å². The van der Waals surface area contributed by atoms with Crippen LogP contribution in [0.15, 0.2) is 0 Å². The molecule has 0 aromatic heterocycles. The smallest absolute Gasteiger partial charge is 0.0763 e. The molecule has 0 aromatic carbocycles. The maximum atomic E-state index is 9.47. The van der Waals surface area contributed by atoms with Gasteiger partial charge in [-0.3, -0.25) is 4.90 Å². The van der Waals surface area contributed by atoms with Gasteiger partial charge in [-0.1, -0.05) is 29.8 Å². The highest BCUT2D eigenvalue weighted by Gasteiger charge is 2.11. The van der Waals surface area contributed by atoms with Crippen molar-refractivity contribution in [1.82, 2.24) is 4.90 Å². The second-order valence-corrected chi connectivity index (χ2v) is 4.52. The minimum atomic E-state index is -0.340. The molecule has 3 nitrogen and oxygen atoms in total. The van der Waals surface area contributed by atoms with Gasteiger partial charge in [-0.15, -0.1) is 0 Å². The molecule has 14 heavy (non-hydrogen) atoms. The van der Waals surface area contributed by atoms with Gasteiger partial charge in [-0.2, -0.15) is 5.26 Å². The van der Waals surface area contributed by atoms with Crippen molar-refractivity contribution in [2.45, 2.75) is 26.4 Å². The van der Waals surface area contributed by atoms with Crippen LogP contribution in [0.5, 0.6) is 0 Å². The van der Waals surface area contributed by atoms with Gasteiger partial charge in [0.05, 0.1) is 12.2 Å². The average molecular weight is 263 g/mol. The standard InChI is InChI=1S/C10H19BrN2O/c1-9(2)7-13(5-3-4-12)8-10(14)6-11/h9-10,14H,3,5-8H2,1-2H3. The number of hydrogen-bond donors (Lipinski definition) is 1. The highest BCUT2D eigenvalue weighted by molar-refractivity contribution is 9.09. The van der Waals surface area contributed by atoms with Crippen LogP contribution in [0.4, 0.5) is 0 Å². The second-order valence-electron chi connectivity index (χ2n) is 3.87. The van der Waals surface area contributed by atoms with Crippen LogP contribution >= 0.6 is 15.9 Å². The highest BCUT2D eigenvalue weighted by Crippen LogP contribution is 2.02. The van der Waals surface area contributed by atoms with Crippen LogP contribution < -0.4 is 0 Å². The minimum Gasteiger partial charge on any atom is -0.391 e. The van der Waals surface area contributed by atoms with E-state index in [0.29, 0.717) is 24.2 Å². The van der Waals surface area contributed by atoms with E-state index in [-0.39, 0.29) is 6.10 Å². The summed E-state index contributed by atoms with van der Waals surface area (Å²) in [6, 6.07) is 2.13. The molecule has 0 bridgehead atoms. The second kappa shape index (κ2) is 8.22. The fourth-order valence-electron chi connectivity index (χ4n) is 1.33. The van der Waals surface area contributed by atoms with Crippen molar-refractivity contribution < 1.29 is 5.11 Å². The van der Waals surface area contributed by atoms with Gasteiger partial charge in [0.15, 0.2) is 0 Å². The van der Waals surface area contributed by atoms with Crippen LogP contribution in [-0.2, 0) is 0 Å². The third-order valence-electron chi connectivity index (χ3n) is 1.81. The van der Waals surface area contributed by atoms with E-state index < -0.39 is 0 Å². The number of hydrogen-bond acceptors (Lipinski definition) is 3. The summed E-state index contributed by atoms with van der Waals surface area (Å²) in [5.41, 5.74) is 0. The Morgan fingerprint density at radius 1 is 1.43 bits per heavy atom. The highest BCUT2D eigenvalue weighted by atomic mass is 79.9. The molecule has 1 atom stereocenters. The Bertz CT molecular complexity index is 179. The Kier molecular flexibility index (Phi) is 8.15. The SMILES string of the molecule is CC(C)CN(CCC#N)CC(O)CBr. The van der Waals surface area contributed by atoms with E-state index in [2.05, 4.69) is 40.7 Å². The monoisotopic (exact) mass is 262 g/mol. The Hall–Kier alpha value is -0.110.